The molecule has 4 unspecified atom stereocenters. The van der Waals surface area contributed by atoms with Crippen LogP contribution in [0.25, 0.3) is 0 Å². The summed E-state index contributed by atoms with van der Waals surface area (Å²) in [6.07, 6.45) is 2.69. The van der Waals surface area contributed by atoms with E-state index in [4.69, 9.17) is 4.74 Å². The lowest BCUT2D eigenvalue weighted by Crippen LogP contribution is -2.63. The Morgan fingerprint density at radius 2 is 2.00 bits per heavy atom. The van der Waals surface area contributed by atoms with Gasteiger partial charge in [-0.15, -0.1) is 0 Å². The van der Waals surface area contributed by atoms with Crippen LogP contribution in [0, 0.1) is 11.3 Å². The first-order chi connectivity index (χ1) is 8.48. The van der Waals surface area contributed by atoms with Crippen LogP contribution < -0.4 is 10.6 Å². The smallest absolute Gasteiger partial charge is 0.191 e. The van der Waals surface area contributed by atoms with Crippen molar-refractivity contribution in [2.75, 3.05) is 13.7 Å². The van der Waals surface area contributed by atoms with Crippen LogP contribution in [0.5, 0.6) is 0 Å². The summed E-state index contributed by atoms with van der Waals surface area (Å²) < 4.78 is 5.48. The predicted molar refractivity (Wildman–Crippen MR) is 74.8 cm³/mol. The Labute approximate surface area is 111 Å². The molecule has 0 bridgehead atoms. The molecule has 2 fully saturated rings. The van der Waals surface area contributed by atoms with Gasteiger partial charge in [0.05, 0.1) is 6.10 Å². The molecule has 104 valence electrons. The zero-order chi connectivity index (χ0) is 13.3. The largest absolute Gasteiger partial charge is 0.381 e. The highest BCUT2D eigenvalue weighted by Gasteiger charge is 2.49. The van der Waals surface area contributed by atoms with Crippen molar-refractivity contribution in [3.8, 4) is 0 Å². The number of guanidine groups is 1. The summed E-state index contributed by atoms with van der Waals surface area (Å²) in [6, 6.07) is 1.07. The highest BCUT2D eigenvalue weighted by atomic mass is 16.5. The van der Waals surface area contributed by atoms with Gasteiger partial charge < -0.3 is 15.4 Å². The summed E-state index contributed by atoms with van der Waals surface area (Å²) in [6.45, 7) is 9.67. The van der Waals surface area contributed by atoms with Crippen LogP contribution in [0.4, 0.5) is 0 Å². The topological polar surface area (TPSA) is 45.7 Å². The summed E-state index contributed by atoms with van der Waals surface area (Å²) in [5.41, 5.74) is 0.181. The van der Waals surface area contributed by atoms with Crippen LogP contribution in [-0.2, 0) is 4.74 Å². The van der Waals surface area contributed by atoms with Gasteiger partial charge in [-0.05, 0) is 25.7 Å². The fourth-order valence-electron chi connectivity index (χ4n) is 2.69. The molecule has 18 heavy (non-hydrogen) atoms. The van der Waals surface area contributed by atoms with E-state index in [0.29, 0.717) is 18.2 Å². The van der Waals surface area contributed by atoms with E-state index in [2.05, 4.69) is 43.3 Å². The average Bonchev–Trinajstić information content (AvgIpc) is 2.99. The molecular weight excluding hydrogens is 226 g/mol. The van der Waals surface area contributed by atoms with Gasteiger partial charge in [0.1, 0.15) is 0 Å². The third kappa shape index (κ3) is 2.63. The minimum absolute atomic E-state index is 0.181. The molecule has 0 saturated heterocycles. The lowest BCUT2D eigenvalue weighted by Gasteiger charge is -2.51. The molecule has 0 aromatic heterocycles. The van der Waals surface area contributed by atoms with E-state index in [-0.39, 0.29) is 5.41 Å². The van der Waals surface area contributed by atoms with Gasteiger partial charge in [0.2, 0.25) is 0 Å². The molecule has 4 atom stereocenters. The number of hydrogen-bond acceptors (Lipinski definition) is 2. The standard InChI is InChI=1S/C14H27N3O/c1-6-15-13(16-10-7-9(10)2)17-11-8-12(18-5)14(11,3)4/h9-12H,6-8H2,1-5H3,(H2,15,16,17). The first-order valence-electron chi connectivity index (χ1n) is 7.09. The number of hydrogen-bond donors (Lipinski definition) is 2. The van der Waals surface area contributed by atoms with E-state index in [1.165, 1.54) is 6.42 Å². The van der Waals surface area contributed by atoms with Crippen molar-refractivity contribution in [3.63, 3.8) is 0 Å². The van der Waals surface area contributed by atoms with E-state index in [9.17, 15) is 0 Å². The lowest BCUT2D eigenvalue weighted by atomic mass is 9.64. The molecule has 0 amide bonds. The van der Waals surface area contributed by atoms with E-state index >= 15 is 0 Å². The number of methoxy groups -OCH3 is 1. The van der Waals surface area contributed by atoms with Crippen molar-refractivity contribution >= 4 is 5.96 Å². The molecule has 0 spiro atoms. The van der Waals surface area contributed by atoms with Crippen molar-refractivity contribution < 1.29 is 4.74 Å². The third-order valence-corrected chi connectivity index (χ3v) is 4.52. The number of aliphatic imine (C=N–C) groups is 1. The van der Waals surface area contributed by atoms with E-state index in [0.717, 1.165) is 24.8 Å². The van der Waals surface area contributed by atoms with Crippen molar-refractivity contribution in [1.29, 1.82) is 0 Å². The molecule has 2 rings (SSSR count). The van der Waals surface area contributed by atoms with Gasteiger partial charge in [-0.2, -0.15) is 0 Å². The molecule has 2 aliphatic carbocycles. The molecule has 0 radical (unpaired) electrons. The number of nitrogens with zero attached hydrogens (tertiary/aromatic N) is 1. The van der Waals surface area contributed by atoms with Crippen molar-refractivity contribution in [2.45, 2.75) is 58.7 Å². The predicted octanol–water partition coefficient (Wildman–Crippen LogP) is 1.76. The fraction of sp³-hybridized carbons (Fsp3) is 0.929. The Balaban J connectivity index is 1.88. The van der Waals surface area contributed by atoms with Crippen LogP contribution in [0.15, 0.2) is 4.99 Å². The quantitative estimate of drug-likeness (QED) is 0.593. The molecule has 2 N–H and O–H groups in total. The number of ether oxygens (including phenoxy) is 1. The molecule has 0 aliphatic heterocycles. The van der Waals surface area contributed by atoms with Crippen LogP contribution >= 0.6 is 0 Å². The molecule has 4 nitrogen and oxygen atoms in total. The Bertz CT molecular complexity index is 327. The maximum absolute atomic E-state index is 5.48. The van der Waals surface area contributed by atoms with Gasteiger partial charge in [0, 0.05) is 31.2 Å². The second-order valence-corrected chi connectivity index (χ2v) is 6.27. The monoisotopic (exact) mass is 253 g/mol. The normalized spacial score (nSPS) is 37.9. The minimum Gasteiger partial charge on any atom is -0.381 e. The summed E-state index contributed by atoms with van der Waals surface area (Å²) in [5.74, 6) is 1.76. The fourth-order valence-corrected chi connectivity index (χ4v) is 2.69. The molecule has 2 saturated carbocycles. The third-order valence-electron chi connectivity index (χ3n) is 4.52. The van der Waals surface area contributed by atoms with E-state index < -0.39 is 0 Å². The summed E-state index contributed by atoms with van der Waals surface area (Å²) in [4.78, 5) is 4.53. The summed E-state index contributed by atoms with van der Waals surface area (Å²) in [7, 11) is 1.80. The van der Waals surface area contributed by atoms with Gasteiger partial charge in [-0.1, -0.05) is 20.8 Å². The van der Waals surface area contributed by atoms with Crippen molar-refractivity contribution in [3.05, 3.63) is 0 Å². The average molecular weight is 253 g/mol. The Hall–Kier alpha value is -0.770. The van der Waals surface area contributed by atoms with Gasteiger partial charge in [0.25, 0.3) is 0 Å². The van der Waals surface area contributed by atoms with Crippen LogP contribution in [0.2, 0.25) is 0 Å². The maximum Gasteiger partial charge on any atom is 0.191 e. The van der Waals surface area contributed by atoms with Gasteiger partial charge >= 0.3 is 0 Å². The molecule has 0 heterocycles. The molecule has 4 heteroatoms. The highest BCUT2D eigenvalue weighted by molar-refractivity contribution is 5.81. The molecule has 0 aromatic carbocycles. The van der Waals surface area contributed by atoms with Gasteiger partial charge in [0.15, 0.2) is 5.96 Å². The zero-order valence-electron chi connectivity index (χ0n) is 12.3. The van der Waals surface area contributed by atoms with Crippen molar-refractivity contribution in [2.24, 2.45) is 16.3 Å². The highest BCUT2D eigenvalue weighted by Crippen LogP contribution is 2.42. The van der Waals surface area contributed by atoms with Crippen molar-refractivity contribution in [1.82, 2.24) is 10.6 Å². The first-order valence-corrected chi connectivity index (χ1v) is 7.09. The second-order valence-electron chi connectivity index (χ2n) is 6.27. The number of rotatable bonds is 4. The molecular formula is C14H27N3O. The van der Waals surface area contributed by atoms with Crippen LogP contribution in [-0.4, -0.2) is 37.8 Å². The summed E-state index contributed by atoms with van der Waals surface area (Å²) in [5, 5.41) is 7.07. The second kappa shape index (κ2) is 5.08. The molecule has 0 aromatic rings. The van der Waals surface area contributed by atoms with E-state index in [1.54, 1.807) is 7.11 Å². The first kappa shape index (κ1) is 13.7. The number of nitrogens with one attached hydrogen (secondary N) is 2. The van der Waals surface area contributed by atoms with Gasteiger partial charge in [-0.3, -0.25) is 4.99 Å². The molecule has 2 aliphatic rings. The van der Waals surface area contributed by atoms with Gasteiger partial charge in [-0.25, -0.2) is 0 Å². The minimum atomic E-state index is 0.181. The Morgan fingerprint density at radius 3 is 2.44 bits per heavy atom. The van der Waals surface area contributed by atoms with Crippen LogP contribution in [0.1, 0.15) is 40.5 Å². The maximum atomic E-state index is 5.48. The SMILES string of the molecule is CCN=C(NC1CC1C)NC1CC(OC)C1(C)C. The summed E-state index contributed by atoms with van der Waals surface area (Å²) >= 11 is 0. The Kier molecular flexibility index (Phi) is 3.85. The lowest BCUT2D eigenvalue weighted by molar-refractivity contribution is -0.0922. The zero-order valence-corrected chi connectivity index (χ0v) is 12.3. The van der Waals surface area contributed by atoms with E-state index in [1.807, 2.05) is 0 Å². The van der Waals surface area contributed by atoms with Crippen LogP contribution in [0.3, 0.4) is 0 Å². The Morgan fingerprint density at radius 1 is 1.33 bits per heavy atom.